The molecular weight excluding hydrogens is 669 g/mol. The molecule has 2 aromatic carbocycles. The number of alkyl halides is 3. The summed E-state index contributed by atoms with van der Waals surface area (Å²) < 4.78 is 41.5. The zero-order valence-corrected chi connectivity index (χ0v) is 29.3. The number of benzene rings is 2. The van der Waals surface area contributed by atoms with Gasteiger partial charge < -0.3 is 30.7 Å². The second-order valence-electron chi connectivity index (χ2n) is 14.3. The molecule has 0 bridgehead atoms. The summed E-state index contributed by atoms with van der Waals surface area (Å²) in [5, 5.41) is 2.79. The molecule has 3 fully saturated rings. The van der Waals surface area contributed by atoms with Gasteiger partial charge in [-0.3, -0.25) is 9.59 Å². The third-order valence-electron chi connectivity index (χ3n) is 11.1. The zero-order chi connectivity index (χ0) is 35.4. The molecular formula is C37H48ClF3N6O3. The fraction of sp³-hybridized carbons (Fsp3) is 0.595. The Morgan fingerprint density at radius 1 is 0.880 bits per heavy atom. The van der Waals surface area contributed by atoms with E-state index in [0.29, 0.717) is 51.6 Å². The summed E-state index contributed by atoms with van der Waals surface area (Å²) in [6.07, 6.45) is 3.55. The van der Waals surface area contributed by atoms with Crippen LogP contribution in [0.5, 0.6) is 0 Å². The van der Waals surface area contributed by atoms with Gasteiger partial charge in [-0.2, -0.15) is 13.2 Å². The lowest BCUT2D eigenvalue weighted by atomic mass is 9.91. The number of likely N-dealkylation sites (tertiary alicyclic amines) is 3. The minimum absolute atomic E-state index is 0.0333. The van der Waals surface area contributed by atoms with Crippen LogP contribution in [0.15, 0.2) is 36.4 Å². The highest BCUT2D eigenvalue weighted by Crippen LogP contribution is 2.39. The molecule has 4 heterocycles. The van der Waals surface area contributed by atoms with Crippen molar-refractivity contribution in [3.63, 3.8) is 0 Å². The van der Waals surface area contributed by atoms with Crippen LogP contribution in [0.1, 0.15) is 74.5 Å². The van der Waals surface area contributed by atoms with Gasteiger partial charge in [0.25, 0.3) is 0 Å². The van der Waals surface area contributed by atoms with E-state index in [9.17, 15) is 27.6 Å². The standard InChI is InChI=1S/C37H48ClF3N6O3/c38-31-23-25(22-30(34(31)42)37(39,40)41)21-27(35(49)46-18-10-28(11-19-46)44-14-5-1-2-6-15-44)24-33(48)45-16-12-29(13-17-45)47-20-9-26-7-3-4-8-32(26)43-36(47)50/h3-4,7-8,22-23,27-29H,1-2,5-6,9-21,24,42H2,(H,43,50)/t27-/m0/s1. The number of halogens is 4. The number of hydrogen-bond donors (Lipinski definition) is 2. The number of carbonyl (C=O) groups is 3. The van der Waals surface area contributed by atoms with Gasteiger partial charge in [0.2, 0.25) is 11.8 Å². The molecule has 4 aliphatic rings. The first-order valence-electron chi connectivity index (χ1n) is 18.1. The molecule has 4 amide bonds. The molecule has 0 aromatic heterocycles. The van der Waals surface area contributed by atoms with Crippen LogP contribution in [-0.4, -0.2) is 95.3 Å². The number of rotatable bonds is 7. The van der Waals surface area contributed by atoms with E-state index in [1.807, 2.05) is 29.2 Å². The Hall–Kier alpha value is -3.51. The third kappa shape index (κ3) is 8.50. The number of amides is 4. The number of anilines is 2. The van der Waals surface area contributed by atoms with Gasteiger partial charge >= 0.3 is 12.2 Å². The van der Waals surface area contributed by atoms with Crippen LogP contribution in [-0.2, 0) is 28.6 Å². The largest absolute Gasteiger partial charge is 0.418 e. The molecule has 272 valence electrons. The molecule has 6 rings (SSSR count). The van der Waals surface area contributed by atoms with E-state index in [0.717, 1.165) is 49.7 Å². The lowest BCUT2D eigenvalue weighted by Crippen LogP contribution is -2.51. The number of para-hydroxylation sites is 1. The van der Waals surface area contributed by atoms with Crippen LogP contribution in [0.2, 0.25) is 5.02 Å². The minimum atomic E-state index is -4.72. The first-order valence-corrected chi connectivity index (χ1v) is 18.5. The summed E-state index contributed by atoms with van der Waals surface area (Å²) in [5.74, 6) is -1.29. The van der Waals surface area contributed by atoms with Gasteiger partial charge in [-0.1, -0.05) is 42.6 Å². The van der Waals surface area contributed by atoms with Gasteiger partial charge in [0, 0.05) is 56.9 Å². The molecule has 0 aliphatic carbocycles. The van der Waals surface area contributed by atoms with Crippen LogP contribution < -0.4 is 11.1 Å². The summed E-state index contributed by atoms with van der Waals surface area (Å²) in [6, 6.07) is 10.3. The van der Waals surface area contributed by atoms with Crippen molar-refractivity contribution in [3.8, 4) is 0 Å². The Morgan fingerprint density at radius 2 is 1.52 bits per heavy atom. The van der Waals surface area contributed by atoms with Crippen molar-refractivity contribution in [1.29, 1.82) is 0 Å². The number of urea groups is 1. The zero-order valence-electron chi connectivity index (χ0n) is 28.5. The van der Waals surface area contributed by atoms with Crippen molar-refractivity contribution in [3.05, 3.63) is 58.1 Å². The maximum Gasteiger partial charge on any atom is 0.418 e. The van der Waals surface area contributed by atoms with Crippen molar-refractivity contribution in [2.75, 3.05) is 56.9 Å². The van der Waals surface area contributed by atoms with Crippen LogP contribution in [0.3, 0.4) is 0 Å². The Bertz CT molecular complexity index is 1530. The number of nitrogens with one attached hydrogen (secondary N) is 1. The summed E-state index contributed by atoms with van der Waals surface area (Å²) >= 11 is 6.16. The molecule has 0 unspecified atom stereocenters. The molecule has 4 aliphatic heterocycles. The van der Waals surface area contributed by atoms with E-state index in [1.54, 1.807) is 9.80 Å². The van der Waals surface area contributed by atoms with Crippen molar-refractivity contribution < 1.29 is 27.6 Å². The molecule has 9 nitrogen and oxygen atoms in total. The van der Waals surface area contributed by atoms with Gasteiger partial charge in [-0.15, -0.1) is 0 Å². The number of hydrogen-bond acceptors (Lipinski definition) is 5. The van der Waals surface area contributed by atoms with E-state index in [2.05, 4.69) is 10.2 Å². The quantitative estimate of drug-likeness (QED) is 0.322. The van der Waals surface area contributed by atoms with Gasteiger partial charge in [0.05, 0.1) is 22.2 Å². The number of piperidine rings is 2. The minimum Gasteiger partial charge on any atom is -0.397 e. The maximum atomic E-state index is 14.1. The second kappa shape index (κ2) is 15.8. The summed E-state index contributed by atoms with van der Waals surface area (Å²) in [5.41, 5.74) is 6.22. The van der Waals surface area contributed by atoms with E-state index < -0.39 is 23.3 Å². The fourth-order valence-electron chi connectivity index (χ4n) is 8.23. The van der Waals surface area contributed by atoms with Gasteiger partial charge in [0.1, 0.15) is 0 Å². The van der Waals surface area contributed by atoms with E-state index >= 15 is 0 Å². The first kappa shape index (κ1) is 36.3. The number of nitrogens with two attached hydrogens (primary N) is 1. The lowest BCUT2D eigenvalue weighted by molar-refractivity contribution is -0.143. The molecule has 1 atom stereocenters. The first-order chi connectivity index (χ1) is 24.0. The summed E-state index contributed by atoms with van der Waals surface area (Å²) in [7, 11) is 0. The smallest absolute Gasteiger partial charge is 0.397 e. The SMILES string of the molecule is Nc1c(Cl)cc(C[C@@H](CC(=O)N2CCC(N3CCc4ccccc4NC3=O)CC2)C(=O)N2CCC(N3CCCCCC3)CC2)cc1C(F)(F)F. The van der Waals surface area contributed by atoms with E-state index in [-0.39, 0.29) is 47.3 Å². The molecule has 0 spiro atoms. The predicted octanol–water partition coefficient (Wildman–Crippen LogP) is 6.44. The lowest BCUT2D eigenvalue weighted by Gasteiger charge is -2.40. The number of nitrogen functional groups attached to an aromatic ring is 1. The average Bonchev–Trinajstić information content (AvgIpc) is 3.48. The Kier molecular flexibility index (Phi) is 11.5. The molecule has 0 saturated carbocycles. The van der Waals surface area contributed by atoms with Gasteiger partial charge in [-0.25, -0.2) is 4.79 Å². The summed E-state index contributed by atoms with van der Waals surface area (Å²) in [4.78, 5) is 48.9. The topological polar surface area (TPSA) is 102 Å². The molecule has 3 saturated heterocycles. The van der Waals surface area contributed by atoms with Crippen molar-refractivity contribution in [1.82, 2.24) is 19.6 Å². The van der Waals surface area contributed by atoms with Crippen LogP contribution in [0.25, 0.3) is 0 Å². The van der Waals surface area contributed by atoms with E-state index in [1.165, 1.54) is 31.7 Å². The third-order valence-corrected chi connectivity index (χ3v) is 11.4. The van der Waals surface area contributed by atoms with Crippen molar-refractivity contribution in [2.45, 2.75) is 88.9 Å². The van der Waals surface area contributed by atoms with Crippen molar-refractivity contribution in [2.24, 2.45) is 5.92 Å². The fourth-order valence-corrected chi connectivity index (χ4v) is 8.47. The molecule has 0 radical (unpaired) electrons. The van der Waals surface area contributed by atoms with E-state index in [4.69, 9.17) is 17.3 Å². The number of fused-ring (bicyclic) bond motifs is 1. The number of carbonyl (C=O) groups excluding carboxylic acids is 3. The van der Waals surface area contributed by atoms with Gasteiger partial charge in [-0.05, 0) is 93.8 Å². The highest BCUT2D eigenvalue weighted by molar-refractivity contribution is 6.33. The Balaban J connectivity index is 1.12. The van der Waals surface area contributed by atoms with Crippen LogP contribution >= 0.6 is 11.6 Å². The number of nitrogens with zero attached hydrogens (tertiary/aromatic N) is 4. The van der Waals surface area contributed by atoms with Gasteiger partial charge in [0.15, 0.2) is 0 Å². The predicted molar refractivity (Wildman–Crippen MR) is 188 cm³/mol. The monoisotopic (exact) mass is 716 g/mol. The van der Waals surface area contributed by atoms with Crippen LogP contribution in [0, 0.1) is 5.92 Å². The molecule has 13 heteroatoms. The average molecular weight is 717 g/mol. The highest BCUT2D eigenvalue weighted by atomic mass is 35.5. The molecule has 3 N–H and O–H groups in total. The Morgan fingerprint density at radius 3 is 2.20 bits per heavy atom. The second-order valence-corrected chi connectivity index (χ2v) is 14.7. The Labute approximate surface area is 297 Å². The summed E-state index contributed by atoms with van der Waals surface area (Å²) in [6.45, 7) is 4.67. The highest BCUT2D eigenvalue weighted by Gasteiger charge is 2.37. The molecule has 50 heavy (non-hydrogen) atoms. The normalized spacial score (nSPS) is 20.9. The molecule has 2 aromatic rings. The van der Waals surface area contributed by atoms with Crippen LogP contribution in [0.4, 0.5) is 29.3 Å². The van der Waals surface area contributed by atoms with Crippen molar-refractivity contribution >= 4 is 40.8 Å². The maximum absolute atomic E-state index is 14.1.